The van der Waals surface area contributed by atoms with Gasteiger partial charge in [-0.25, -0.2) is 8.42 Å². The van der Waals surface area contributed by atoms with Crippen LogP contribution in [0.2, 0.25) is 0 Å². The van der Waals surface area contributed by atoms with Gasteiger partial charge in [0, 0.05) is 45.1 Å². The molecule has 4 rings (SSSR count). The van der Waals surface area contributed by atoms with E-state index in [1.54, 1.807) is 42.5 Å². The van der Waals surface area contributed by atoms with Gasteiger partial charge < -0.3 is 14.4 Å². The van der Waals surface area contributed by atoms with Crippen molar-refractivity contribution < 1.29 is 22.7 Å². The Hall–Kier alpha value is -2.49. The molecule has 2 atom stereocenters. The number of nitrogens with zero attached hydrogens (tertiary/aromatic N) is 3. The molecule has 1 amide bonds. The molecule has 3 heterocycles. The van der Waals surface area contributed by atoms with E-state index in [9.17, 15) is 13.2 Å². The quantitative estimate of drug-likeness (QED) is 0.696. The smallest absolute Gasteiger partial charge is 0.247 e. The number of aromatic nitrogens is 1. The average Bonchev–Trinajstić information content (AvgIpc) is 3.02. The normalized spacial score (nSPS) is 23.1. The number of methoxy groups -OCH3 is 1. The number of hydrogen-bond acceptors (Lipinski definition) is 6. The van der Waals surface area contributed by atoms with Crippen LogP contribution in [0.25, 0.3) is 0 Å². The standard InChI is InChI=1S/C22H27N3O5S/c1-29-15-14-25-18-9-12-24(22(26)16-17-6-4-5-11-23-17)13-10-19(18)30-20-7-2-3-8-21(20)31(25,27)28/h2-8,11,18-19H,9-10,12-16H2,1H3/t18-,19-/m0/s1. The maximum absolute atomic E-state index is 13.5. The summed E-state index contributed by atoms with van der Waals surface area (Å²) in [6.45, 7) is 1.49. The number of hydrogen-bond donors (Lipinski definition) is 0. The molecule has 0 aliphatic carbocycles. The third-order valence-corrected chi connectivity index (χ3v) is 7.78. The molecule has 0 unspecified atom stereocenters. The summed E-state index contributed by atoms with van der Waals surface area (Å²) in [5.74, 6) is 0.354. The van der Waals surface area contributed by atoms with Gasteiger partial charge in [0.05, 0.1) is 19.1 Å². The SMILES string of the molecule is COCCN1[C@H]2CCN(C(=O)Cc3ccccn3)CC[C@@H]2Oc2ccccc2S1(=O)=O. The minimum absolute atomic E-state index is 0.0122. The van der Waals surface area contributed by atoms with Crippen LogP contribution < -0.4 is 4.74 Å². The van der Waals surface area contributed by atoms with Crippen molar-refractivity contribution in [1.82, 2.24) is 14.2 Å². The molecule has 2 aliphatic rings. The van der Waals surface area contributed by atoms with Crippen LogP contribution in [0.4, 0.5) is 0 Å². The van der Waals surface area contributed by atoms with Gasteiger partial charge in [0.15, 0.2) is 0 Å². The highest BCUT2D eigenvalue weighted by molar-refractivity contribution is 7.89. The Kier molecular flexibility index (Phi) is 6.54. The first-order valence-corrected chi connectivity index (χ1v) is 11.9. The third kappa shape index (κ3) is 4.58. The number of sulfonamides is 1. The van der Waals surface area contributed by atoms with E-state index in [2.05, 4.69) is 4.98 Å². The molecule has 1 aromatic carbocycles. The Labute approximate surface area is 182 Å². The summed E-state index contributed by atoms with van der Waals surface area (Å²) in [7, 11) is -2.20. The predicted molar refractivity (Wildman–Crippen MR) is 114 cm³/mol. The number of amides is 1. The molecule has 8 nitrogen and oxygen atoms in total. The largest absolute Gasteiger partial charge is 0.487 e. The Balaban J connectivity index is 1.58. The monoisotopic (exact) mass is 445 g/mol. The van der Waals surface area contributed by atoms with Crippen molar-refractivity contribution in [3.63, 3.8) is 0 Å². The average molecular weight is 446 g/mol. The Morgan fingerprint density at radius 2 is 1.94 bits per heavy atom. The second-order valence-corrected chi connectivity index (χ2v) is 9.59. The van der Waals surface area contributed by atoms with E-state index >= 15 is 0 Å². The highest BCUT2D eigenvalue weighted by Gasteiger charge is 2.43. The number of para-hydroxylation sites is 1. The van der Waals surface area contributed by atoms with Crippen LogP contribution in [0.5, 0.6) is 5.75 Å². The molecule has 9 heteroatoms. The van der Waals surface area contributed by atoms with Gasteiger partial charge in [-0.2, -0.15) is 4.31 Å². The molecule has 0 saturated carbocycles. The van der Waals surface area contributed by atoms with Crippen LogP contribution in [-0.2, 0) is 26.0 Å². The van der Waals surface area contributed by atoms with Crippen LogP contribution in [0.1, 0.15) is 18.5 Å². The van der Waals surface area contributed by atoms with Gasteiger partial charge in [-0.3, -0.25) is 9.78 Å². The van der Waals surface area contributed by atoms with E-state index in [1.165, 1.54) is 4.31 Å². The van der Waals surface area contributed by atoms with Crippen molar-refractivity contribution in [2.75, 3.05) is 33.4 Å². The van der Waals surface area contributed by atoms with Crippen molar-refractivity contribution >= 4 is 15.9 Å². The summed E-state index contributed by atoms with van der Waals surface area (Å²) in [5, 5.41) is 0. The first-order chi connectivity index (χ1) is 15.0. The molecule has 1 aromatic heterocycles. The third-order valence-electron chi connectivity index (χ3n) is 5.82. The number of ether oxygens (including phenoxy) is 2. The van der Waals surface area contributed by atoms with Gasteiger partial charge >= 0.3 is 0 Å². The summed E-state index contributed by atoms with van der Waals surface area (Å²) >= 11 is 0. The van der Waals surface area contributed by atoms with Gasteiger partial charge in [-0.1, -0.05) is 18.2 Å². The van der Waals surface area contributed by atoms with Crippen molar-refractivity contribution in [3.05, 3.63) is 54.4 Å². The minimum Gasteiger partial charge on any atom is -0.487 e. The van der Waals surface area contributed by atoms with Crippen molar-refractivity contribution in [1.29, 1.82) is 0 Å². The number of pyridine rings is 1. The van der Waals surface area contributed by atoms with Crippen molar-refractivity contribution in [3.8, 4) is 5.75 Å². The predicted octanol–water partition coefficient (Wildman–Crippen LogP) is 1.71. The zero-order chi connectivity index (χ0) is 21.8. The molecule has 1 fully saturated rings. The van der Waals surface area contributed by atoms with Gasteiger partial charge in [0.2, 0.25) is 15.9 Å². The zero-order valence-electron chi connectivity index (χ0n) is 17.5. The van der Waals surface area contributed by atoms with Gasteiger partial charge in [0.25, 0.3) is 0 Å². The summed E-state index contributed by atoms with van der Waals surface area (Å²) in [5.41, 5.74) is 0.723. The second-order valence-electron chi connectivity index (χ2n) is 7.73. The number of fused-ring (bicyclic) bond motifs is 2. The van der Waals surface area contributed by atoms with Crippen molar-refractivity contribution in [2.45, 2.75) is 36.3 Å². The molecule has 0 radical (unpaired) electrons. The maximum Gasteiger partial charge on any atom is 0.247 e. The summed E-state index contributed by atoms with van der Waals surface area (Å²) in [4.78, 5) is 19.1. The minimum atomic E-state index is -3.75. The van der Waals surface area contributed by atoms with Gasteiger partial charge in [0.1, 0.15) is 16.7 Å². The van der Waals surface area contributed by atoms with E-state index in [0.717, 1.165) is 5.69 Å². The molecule has 0 N–H and O–H groups in total. The topological polar surface area (TPSA) is 89.0 Å². The molecule has 31 heavy (non-hydrogen) atoms. The highest BCUT2D eigenvalue weighted by atomic mass is 32.2. The fourth-order valence-electron chi connectivity index (χ4n) is 4.24. The van der Waals surface area contributed by atoms with E-state index < -0.39 is 10.0 Å². The Morgan fingerprint density at radius 1 is 1.16 bits per heavy atom. The number of carbonyl (C=O) groups excluding carboxylic acids is 1. The molecule has 0 bridgehead atoms. The lowest BCUT2D eigenvalue weighted by atomic mass is 10.1. The molecule has 1 saturated heterocycles. The van der Waals surface area contributed by atoms with E-state index in [4.69, 9.17) is 9.47 Å². The van der Waals surface area contributed by atoms with Gasteiger partial charge in [-0.05, 0) is 30.7 Å². The lowest BCUT2D eigenvalue weighted by Crippen LogP contribution is -2.48. The zero-order valence-corrected chi connectivity index (χ0v) is 18.3. The van der Waals surface area contributed by atoms with Crippen LogP contribution in [0.3, 0.4) is 0 Å². The van der Waals surface area contributed by atoms with Gasteiger partial charge in [-0.15, -0.1) is 0 Å². The van der Waals surface area contributed by atoms with E-state index in [1.807, 2.05) is 18.2 Å². The molecule has 0 spiro atoms. The molecule has 166 valence electrons. The lowest BCUT2D eigenvalue weighted by molar-refractivity contribution is -0.130. The molecule has 2 aliphatic heterocycles. The Bertz CT molecular complexity index is 1010. The fraction of sp³-hybridized carbons (Fsp3) is 0.455. The van der Waals surface area contributed by atoms with Crippen LogP contribution >= 0.6 is 0 Å². The summed E-state index contributed by atoms with van der Waals surface area (Å²) < 4.78 is 39.8. The molecular formula is C22H27N3O5S. The number of benzene rings is 1. The van der Waals surface area contributed by atoms with Crippen LogP contribution in [0, 0.1) is 0 Å². The van der Waals surface area contributed by atoms with E-state index in [-0.39, 0.29) is 42.5 Å². The number of likely N-dealkylation sites (tertiary alicyclic amines) is 1. The molecule has 2 aromatic rings. The lowest BCUT2D eigenvalue weighted by Gasteiger charge is -2.31. The number of rotatable bonds is 5. The summed E-state index contributed by atoms with van der Waals surface area (Å²) in [6.07, 6.45) is 2.60. The first kappa shape index (κ1) is 21.7. The first-order valence-electron chi connectivity index (χ1n) is 10.4. The van der Waals surface area contributed by atoms with Crippen LogP contribution in [0.15, 0.2) is 53.6 Å². The molecular weight excluding hydrogens is 418 g/mol. The highest BCUT2D eigenvalue weighted by Crippen LogP contribution is 2.36. The van der Waals surface area contributed by atoms with E-state index in [0.29, 0.717) is 31.7 Å². The van der Waals surface area contributed by atoms with Crippen molar-refractivity contribution in [2.24, 2.45) is 0 Å². The summed E-state index contributed by atoms with van der Waals surface area (Å²) in [6, 6.07) is 11.9. The fourth-order valence-corrected chi connectivity index (χ4v) is 6.03. The van der Waals surface area contributed by atoms with Crippen LogP contribution in [-0.4, -0.2) is 74.0 Å². The maximum atomic E-state index is 13.5. The Morgan fingerprint density at radius 3 is 2.71 bits per heavy atom. The second kappa shape index (κ2) is 9.33. The number of carbonyl (C=O) groups is 1.